The van der Waals surface area contributed by atoms with Gasteiger partial charge in [0, 0.05) is 16.8 Å². The molecule has 1 atom stereocenters. The Bertz CT molecular complexity index is 701. The number of hydrogen-bond acceptors (Lipinski definition) is 2. The second kappa shape index (κ2) is 8.27. The Hall–Kier alpha value is -1.91. The fourth-order valence-electron chi connectivity index (χ4n) is 2.53. The molecule has 0 bridgehead atoms. The number of amides is 1. The van der Waals surface area contributed by atoms with Gasteiger partial charge in [-0.05, 0) is 48.2 Å². The SMILES string of the molecule is Cc1ccc(F)cc1NC(=O)CNC(c1ccc(Cl)cc1)C(C)C. The molecule has 24 heavy (non-hydrogen) atoms. The molecule has 0 aliphatic rings. The van der Waals surface area contributed by atoms with Crippen LogP contribution in [0.3, 0.4) is 0 Å². The van der Waals surface area contributed by atoms with E-state index in [0.717, 1.165) is 11.1 Å². The van der Waals surface area contributed by atoms with E-state index in [1.807, 2.05) is 31.2 Å². The number of carbonyl (C=O) groups is 1. The summed E-state index contributed by atoms with van der Waals surface area (Å²) in [6.07, 6.45) is 0. The summed E-state index contributed by atoms with van der Waals surface area (Å²) in [4.78, 5) is 12.2. The first kappa shape index (κ1) is 18.4. The van der Waals surface area contributed by atoms with Crippen molar-refractivity contribution in [3.05, 3.63) is 64.4 Å². The maximum Gasteiger partial charge on any atom is 0.238 e. The number of benzene rings is 2. The van der Waals surface area contributed by atoms with E-state index in [1.54, 1.807) is 6.07 Å². The van der Waals surface area contributed by atoms with Crippen molar-refractivity contribution in [2.75, 3.05) is 11.9 Å². The zero-order valence-corrected chi connectivity index (χ0v) is 14.8. The van der Waals surface area contributed by atoms with Crippen LogP contribution in [0.25, 0.3) is 0 Å². The number of hydrogen-bond donors (Lipinski definition) is 2. The van der Waals surface area contributed by atoms with E-state index < -0.39 is 0 Å². The van der Waals surface area contributed by atoms with Gasteiger partial charge in [-0.1, -0.05) is 43.6 Å². The van der Waals surface area contributed by atoms with Crippen molar-refractivity contribution in [1.29, 1.82) is 0 Å². The van der Waals surface area contributed by atoms with E-state index >= 15 is 0 Å². The Morgan fingerprint density at radius 3 is 2.46 bits per heavy atom. The molecule has 0 aliphatic heterocycles. The summed E-state index contributed by atoms with van der Waals surface area (Å²) in [5.41, 5.74) is 2.39. The number of aryl methyl sites for hydroxylation is 1. The monoisotopic (exact) mass is 348 g/mol. The number of carbonyl (C=O) groups excluding carboxylic acids is 1. The molecule has 2 aromatic rings. The summed E-state index contributed by atoms with van der Waals surface area (Å²) in [6.45, 7) is 6.14. The van der Waals surface area contributed by atoms with Crippen LogP contribution in [0, 0.1) is 18.7 Å². The van der Waals surface area contributed by atoms with Crippen LogP contribution in [-0.4, -0.2) is 12.5 Å². The molecule has 0 aliphatic carbocycles. The molecule has 2 rings (SSSR count). The zero-order valence-electron chi connectivity index (χ0n) is 14.1. The lowest BCUT2D eigenvalue weighted by Gasteiger charge is -2.23. The van der Waals surface area contributed by atoms with Gasteiger partial charge < -0.3 is 10.6 Å². The summed E-state index contributed by atoms with van der Waals surface area (Å²) in [7, 11) is 0. The first-order valence-electron chi connectivity index (χ1n) is 7.91. The molecule has 0 saturated carbocycles. The predicted molar refractivity (Wildman–Crippen MR) is 96.8 cm³/mol. The Morgan fingerprint density at radius 1 is 1.17 bits per heavy atom. The van der Waals surface area contributed by atoms with Gasteiger partial charge in [-0.3, -0.25) is 4.79 Å². The van der Waals surface area contributed by atoms with Crippen LogP contribution in [0.15, 0.2) is 42.5 Å². The van der Waals surface area contributed by atoms with Crippen molar-refractivity contribution in [3.63, 3.8) is 0 Å². The largest absolute Gasteiger partial charge is 0.325 e. The van der Waals surface area contributed by atoms with E-state index in [9.17, 15) is 9.18 Å². The van der Waals surface area contributed by atoms with Crippen molar-refractivity contribution < 1.29 is 9.18 Å². The number of nitrogens with one attached hydrogen (secondary N) is 2. The lowest BCUT2D eigenvalue weighted by molar-refractivity contribution is -0.115. The maximum atomic E-state index is 13.3. The van der Waals surface area contributed by atoms with Crippen LogP contribution in [0.1, 0.15) is 31.0 Å². The number of halogens is 2. The average Bonchev–Trinajstić information content (AvgIpc) is 2.52. The van der Waals surface area contributed by atoms with Gasteiger partial charge in [0.25, 0.3) is 0 Å². The van der Waals surface area contributed by atoms with Gasteiger partial charge >= 0.3 is 0 Å². The number of rotatable bonds is 6. The van der Waals surface area contributed by atoms with Gasteiger partial charge in [-0.2, -0.15) is 0 Å². The van der Waals surface area contributed by atoms with E-state index in [4.69, 9.17) is 11.6 Å². The van der Waals surface area contributed by atoms with Crippen LogP contribution in [-0.2, 0) is 4.79 Å². The lowest BCUT2D eigenvalue weighted by Crippen LogP contribution is -2.33. The second-order valence-electron chi connectivity index (χ2n) is 6.16. The molecule has 0 aromatic heterocycles. The molecule has 0 saturated heterocycles. The maximum absolute atomic E-state index is 13.3. The number of anilines is 1. The molecule has 5 heteroatoms. The van der Waals surface area contributed by atoms with Crippen molar-refractivity contribution in [2.24, 2.45) is 5.92 Å². The Kier molecular flexibility index (Phi) is 6.35. The molecule has 3 nitrogen and oxygen atoms in total. The van der Waals surface area contributed by atoms with E-state index in [-0.39, 0.29) is 24.3 Å². The first-order valence-corrected chi connectivity index (χ1v) is 8.29. The highest BCUT2D eigenvalue weighted by Crippen LogP contribution is 2.23. The van der Waals surface area contributed by atoms with Crippen LogP contribution >= 0.6 is 11.6 Å². The standard InChI is InChI=1S/C19H22ClFN2O/c1-12(2)19(14-5-7-15(20)8-6-14)22-11-18(24)23-17-10-16(21)9-4-13(17)3/h4-10,12,19,22H,11H2,1-3H3,(H,23,24). The zero-order chi connectivity index (χ0) is 17.7. The predicted octanol–water partition coefficient (Wildman–Crippen LogP) is 4.71. The molecule has 2 aromatic carbocycles. The normalized spacial score (nSPS) is 12.2. The fourth-order valence-corrected chi connectivity index (χ4v) is 2.66. The molecular weight excluding hydrogens is 327 g/mol. The van der Waals surface area contributed by atoms with Crippen molar-refractivity contribution in [2.45, 2.75) is 26.8 Å². The van der Waals surface area contributed by atoms with E-state index in [2.05, 4.69) is 24.5 Å². The molecular formula is C19H22ClFN2O. The minimum atomic E-state index is -0.370. The molecule has 1 unspecified atom stereocenters. The highest BCUT2D eigenvalue weighted by molar-refractivity contribution is 6.30. The van der Waals surface area contributed by atoms with Crippen LogP contribution in [0.4, 0.5) is 10.1 Å². The molecule has 0 spiro atoms. The Balaban J connectivity index is 2.00. The van der Waals surface area contributed by atoms with E-state index in [1.165, 1.54) is 12.1 Å². The van der Waals surface area contributed by atoms with Gasteiger partial charge in [-0.15, -0.1) is 0 Å². The topological polar surface area (TPSA) is 41.1 Å². The van der Waals surface area contributed by atoms with Crippen LogP contribution < -0.4 is 10.6 Å². The minimum absolute atomic E-state index is 0.0293. The molecule has 0 fully saturated rings. The second-order valence-corrected chi connectivity index (χ2v) is 6.60. The summed E-state index contributed by atoms with van der Waals surface area (Å²) in [5, 5.41) is 6.68. The molecule has 0 heterocycles. The van der Waals surface area contributed by atoms with Crippen LogP contribution in [0.2, 0.25) is 5.02 Å². The molecule has 2 N–H and O–H groups in total. The van der Waals surface area contributed by atoms with Gasteiger partial charge in [0.15, 0.2) is 0 Å². The third-order valence-electron chi connectivity index (χ3n) is 3.85. The van der Waals surface area contributed by atoms with Gasteiger partial charge in [0.2, 0.25) is 5.91 Å². The van der Waals surface area contributed by atoms with E-state index in [0.29, 0.717) is 16.6 Å². The Morgan fingerprint density at radius 2 is 1.83 bits per heavy atom. The minimum Gasteiger partial charge on any atom is -0.325 e. The molecule has 0 radical (unpaired) electrons. The van der Waals surface area contributed by atoms with Gasteiger partial charge in [-0.25, -0.2) is 4.39 Å². The van der Waals surface area contributed by atoms with Gasteiger partial charge in [0.1, 0.15) is 5.82 Å². The molecule has 1 amide bonds. The summed E-state index contributed by atoms with van der Waals surface area (Å²) in [6, 6.07) is 12.0. The highest BCUT2D eigenvalue weighted by atomic mass is 35.5. The fraction of sp³-hybridized carbons (Fsp3) is 0.316. The first-order chi connectivity index (χ1) is 11.4. The summed E-state index contributed by atoms with van der Waals surface area (Å²) < 4.78 is 13.3. The van der Waals surface area contributed by atoms with Crippen molar-refractivity contribution >= 4 is 23.2 Å². The van der Waals surface area contributed by atoms with Crippen molar-refractivity contribution in [3.8, 4) is 0 Å². The smallest absolute Gasteiger partial charge is 0.238 e. The lowest BCUT2D eigenvalue weighted by atomic mass is 9.96. The highest BCUT2D eigenvalue weighted by Gasteiger charge is 2.17. The quantitative estimate of drug-likeness (QED) is 0.793. The third kappa shape index (κ3) is 5.05. The van der Waals surface area contributed by atoms with Crippen LogP contribution in [0.5, 0.6) is 0 Å². The summed E-state index contributed by atoms with van der Waals surface area (Å²) in [5.74, 6) is -0.275. The molecule has 128 valence electrons. The third-order valence-corrected chi connectivity index (χ3v) is 4.10. The van der Waals surface area contributed by atoms with Crippen molar-refractivity contribution in [1.82, 2.24) is 5.32 Å². The van der Waals surface area contributed by atoms with Gasteiger partial charge in [0.05, 0.1) is 6.54 Å². The summed E-state index contributed by atoms with van der Waals surface area (Å²) >= 11 is 5.93. The average molecular weight is 349 g/mol. The Labute approximate surface area is 147 Å².